The van der Waals surface area contributed by atoms with Gasteiger partial charge >= 0.3 is 0 Å². The Bertz CT molecular complexity index is 387. The molecule has 94 valence electrons. The first kappa shape index (κ1) is 12.9. The predicted octanol–water partition coefficient (Wildman–Crippen LogP) is 2.25. The number of hydrogen-bond acceptors (Lipinski definition) is 3. The highest BCUT2D eigenvalue weighted by molar-refractivity contribution is 9.10. The number of piperazine rings is 1. The molecular formula is C13H19BrN2O. The molecule has 2 rings (SSSR count). The van der Waals surface area contributed by atoms with E-state index in [4.69, 9.17) is 0 Å². The second kappa shape index (κ2) is 5.38. The Kier molecular flexibility index (Phi) is 4.07. The van der Waals surface area contributed by atoms with Crippen LogP contribution < -0.4 is 4.90 Å². The van der Waals surface area contributed by atoms with Gasteiger partial charge in [-0.15, -0.1) is 0 Å². The standard InChI is InChI=1S/C13H19BrN2O/c1-10(17)11-3-4-13(12(14)9-11)16-7-5-15(2)6-8-16/h3-4,9-10,17H,5-8H2,1-2H3/t10-/m0/s1. The molecular weight excluding hydrogens is 280 g/mol. The molecule has 1 aliphatic rings. The van der Waals surface area contributed by atoms with Crippen molar-refractivity contribution in [3.05, 3.63) is 28.2 Å². The summed E-state index contributed by atoms with van der Waals surface area (Å²) in [5.41, 5.74) is 2.18. The minimum absolute atomic E-state index is 0.409. The number of halogens is 1. The van der Waals surface area contributed by atoms with E-state index < -0.39 is 6.10 Å². The summed E-state index contributed by atoms with van der Waals surface area (Å²) >= 11 is 3.60. The van der Waals surface area contributed by atoms with Crippen molar-refractivity contribution in [2.75, 3.05) is 38.1 Å². The Hall–Kier alpha value is -0.580. The molecule has 0 unspecified atom stereocenters. The summed E-state index contributed by atoms with van der Waals surface area (Å²) in [6.45, 7) is 6.11. The first-order valence-corrected chi connectivity index (χ1v) is 6.78. The van der Waals surface area contributed by atoms with Crippen LogP contribution in [0.5, 0.6) is 0 Å². The summed E-state index contributed by atoms with van der Waals surface area (Å²) < 4.78 is 1.07. The molecule has 1 aromatic carbocycles. The Morgan fingerprint density at radius 1 is 1.24 bits per heavy atom. The molecule has 4 heteroatoms. The van der Waals surface area contributed by atoms with Crippen LogP contribution >= 0.6 is 15.9 Å². The fourth-order valence-corrected chi connectivity index (χ4v) is 2.73. The number of hydrogen-bond donors (Lipinski definition) is 1. The zero-order valence-corrected chi connectivity index (χ0v) is 11.9. The molecule has 0 spiro atoms. The first-order chi connectivity index (χ1) is 8.08. The lowest BCUT2D eigenvalue weighted by Crippen LogP contribution is -2.44. The van der Waals surface area contributed by atoms with Crippen LogP contribution in [0.15, 0.2) is 22.7 Å². The van der Waals surface area contributed by atoms with E-state index in [1.165, 1.54) is 5.69 Å². The van der Waals surface area contributed by atoms with Gasteiger partial charge in [-0.1, -0.05) is 6.07 Å². The van der Waals surface area contributed by atoms with Gasteiger partial charge in [0.05, 0.1) is 11.8 Å². The number of aliphatic hydroxyl groups is 1. The van der Waals surface area contributed by atoms with E-state index in [0.29, 0.717) is 0 Å². The summed E-state index contributed by atoms with van der Waals surface area (Å²) in [7, 11) is 2.16. The summed E-state index contributed by atoms with van der Waals surface area (Å²) in [4.78, 5) is 4.73. The van der Waals surface area contributed by atoms with Crippen LogP contribution in [-0.2, 0) is 0 Å². The molecule has 3 nitrogen and oxygen atoms in total. The van der Waals surface area contributed by atoms with Gasteiger partial charge < -0.3 is 14.9 Å². The van der Waals surface area contributed by atoms with Gasteiger partial charge in [-0.2, -0.15) is 0 Å². The lowest BCUT2D eigenvalue weighted by Gasteiger charge is -2.34. The number of anilines is 1. The van der Waals surface area contributed by atoms with Gasteiger partial charge in [0.1, 0.15) is 0 Å². The SMILES string of the molecule is C[C@H](O)c1ccc(N2CCN(C)CC2)c(Br)c1. The zero-order chi connectivity index (χ0) is 12.4. The average molecular weight is 299 g/mol. The van der Waals surface area contributed by atoms with Gasteiger partial charge in [-0.3, -0.25) is 0 Å². The van der Waals surface area contributed by atoms with Gasteiger partial charge in [0.25, 0.3) is 0 Å². The van der Waals surface area contributed by atoms with Crippen molar-refractivity contribution in [3.63, 3.8) is 0 Å². The fourth-order valence-electron chi connectivity index (χ4n) is 2.09. The van der Waals surface area contributed by atoms with E-state index in [1.807, 2.05) is 12.1 Å². The molecule has 1 saturated heterocycles. The molecule has 0 aliphatic carbocycles. The molecule has 1 N–H and O–H groups in total. The van der Waals surface area contributed by atoms with E-state index >= 15 is 0 Å². The summed E-state index contributed by atoms with van der Waals surface area (Å²) in [6, 6.07) is 6.11. The van der Waals surface area contributed by atoms with Crippen LogP contribution in [0.3, 0.4) is 0 Å². The number of benzene rings is 1. The van der Waals surface area contributed by atoms with Crippen molar-refractivity contribution in [1.29, 1.82) is 0 Å². The molecule has 1 atom stereocenters. The average Bonchev–Trinajstić information content (AvgIpc) is 2.30. The monoisotopic (exact) mass is 298 g/mol. The molecule has 1 aromatic rings. The van der Waals surface area contributed by atoms with Gasteiger partial charge in [0, 0.05) is 30.7 Å². The van der Waals surface area contributed by atoms with Crippen molar-refractivity contribution in [3.8, 4) is 0 Å². The van der Waals surface area contributed by atoms with Crippen LogP contribution in [0.25, 0.3) is 0 Å². The summed E-state index contributed by atoms with van der Waals surface area (Å²) in [5, 5.41) is 9.54. The molecule has 17 heavy (non-hydrogen) atoms. The fraction of sp³-hybridized carbons (Fsp3) is 0.538. The number of aliphatic hydroxyl groups excluding tert-OH is 1. The molecule has 0 amide bonds. The minimum Gasteiger partial charge on any atom is -0.389 e. The number of nitrogens with zero attached hydrogens (tertiary/aromatic N) is 2. The quantitative estimate of drug-likeness (QED) is 0.907. The second-order valence-electron chi connectivity index (χ2n) is 4.68. The molecule has 0 aromatic heterocycles. The van der Waals surface area contributed by atoms with Gasteiger partial charge in [0.2, 0.25) is 0 Å². The van der Waals surface area contributed by atoms with Gasteiger partial charge in [-0.25, -0.2) is 0 Å². The Morgan fingerprint density at radius 2 is 1.88 bits per heavy atom. The van der Waals surface area contributed by atoms with Crippen molar-refractivity contribution >= 4 is 21.6 Å². The van der Waals surface area contributed by atoms with Crippen LogP contribution in [0, 0.1) is 0 Å². The van der Waals surface area contributed by atoms with E-state index in [1.54, 1.807) is 6.92 Å². The summed E-state index contributed by atoms with van der Waals surface area (Å²) in [6.07, 6.45) is -0.409. The van der Waals surface area contributed by atoms with Crippen LogP contribution in [0.1, 0.15) is 18.6 Å². The second-order valence-corrected chi connectivity index (χ2v) is 5.53. The number of likely N-dealkylation sites (N-methyl/N-ethyl adjacent to an activating group) is 1. The Labute approximate surface area is 111 Å². The van der Waals surface area contributed by atoms with Crippen molar-refractivity contribution in [2.45, 2.75) is 13.0 Å². The highest BCUT2D eigenvalue weighted by Gasteiger charge is 2.16. The number of rotatable bonds is 2. The topological polar surface area (TPSA) is 26.7 Å². The Balaban J connectivity index is 2.16. The molecule has 1 heterocycles. The van der Waals surface area contributed by atoms with Crippen LogP contribution in [-0.4, -0.2) is 43.2 Å². The zero-order valence-electron chi connectivity index (χ0n) is 10.4. The maximum atomic E-state index is 9.54. The van der Waals surface area contributed by atoms with E-state index in [0.717, 1.165) is 36.2 Å². The normalized spacial score (nSPS) is 19.4. The minimum atomic E-state index is -0.409. The summed E-state index contributed by atoms with van der Waals surface area (Å²) in [5.74, 6) is 0. The lowest BCUT2D eigenvalue weighted by molar-refractivity contribution is 0.199. The van der Waals surface area contributed by atoms with Crippen molar-refractivity contribution in [2.24, 2.45) is 0 Å². The van der Waals surface area contributed by atoms with Gasteiger partial charge in [0.15, 0.2) is 0 Å². The lowest BCUT2D eigenvalue weighted by atomic mass is 10.1. The third-order valence-corrected chi connectivity index (χ3v) is 3.93. The predicted molar refractivity (Wildman–Crippen MR) is 74.5 cm³/mol. The van der Waals surface area contributed by atoms with Crippen LogP contribution in [0.2, 0.25) is 0 Å². The van der Waals surface area contributed by atoms with E-state index in [-0.39, 0.29) is 0 Å². The smallest absolute Gasteiger partial charge is 0.0762 e. The van der Waals surface area contributed by atoms with Crippen LogP contribution in [0.4, 0.5) is 5.69 Å². The first-order valence-electron chi connectivity index (χ1n) is 5.99. The third-order valence-electron chi connectivity index (χ3n) is 3.30. The molecule has 0 bridgehead atoms. The van der Waals surface area contributed by atoms with E-state index in [9.17, 15) is 5.11 Å². The molecule has 0 saturated carbocycles. The van der Waals surface area contributed by atoms with E-state index in [2.05, 4.69) is 38.8 Å². The molecule has 1 aliphatic heterocycles. The third kappa shape index (κ3) is 3.00. The van der Waals surface area contributed by atoms with Crippen molar-refractivity contribution in [1.82, 2.24) is 4.90 Å². The highest BCUT2D eigenvalue weighted by atomic mass is 79.9. The van der Waals surface area contributed by atoms with Gasteiger partial charge in [-0.05, 0) is 47.6 Å². The molecule has 0 radical (unpaired) electrons. The molecule has 1 fully saturated rings. The largest absolute Gasteiger partial charge is 0.389 e. The maximum Gasteiger partial charge on any atom is 0.0762 e. The Morgan fingerprint density at radius 3 is 2.41 bits per heavy atom. The van der Waals surface area contributed by atoms with Crippen molar-refractivity contribution < 1.29 is 5.11 Å². The highest BCUT2D eigenvalue weighted by Crippen LogP contribution is 2.29. The maximum absolute atomic E-state index is 9.54.